The summed E-state index contributed by atoms with van der Waals surface area (Å²) in [5, 5.41) is 0.852. The Hall–Kier alpha value is -0.800. The molecular weight excluding hydrogens is 354 g/mol. The second kappa shape index (κ2) is 6.39. The number of hydrogen-bond donors (Lipinski definition) is 0. The van der Waals surface area contributed by atoms with E-state index >= 15 is 0 Å². The Labute approximate surface area is 125 Å². The molecule has 3 heteroatoms. The second-order valence-corrected chi connectivity index (χ2v) is 5.46. The van der Waals surface area contributed by atoms with Crippen LogP contribution in [0.3, 0.4) is 0 Å². The summed E-state index contributed by atoms with van der Waals surface area (Å²) in [6.07, 6.45) is 0. The average Bonchev–Trinajstić information content (AvgIpc) is 2.42. The molecule has 0 amide bonds. The lowest BCUT2D eigenvalue weighted by Gasteiger charge is -2.25. The van der Waals surface area contributed by atoms with Gasteiger partial charge in [-0.3, -0.25) is 0 Å². The Morgan fingerprint density at radius 1 is 1.06 bits per heavy atom. The van der Waals surface area contributed by atoms with Gasteiger partial charge in [0.2, 0.25) is 0 Å². The lowest BCUT2D eigenvalue weighted by molar-refractivity contribution is 1.01. The van der Waals surface area contributed by atoms with Gasteiger partial charge < -0.3 is 4.90 Å². The van der Waals surface area contributed by atoms with Gasteiger partial charge in [0.1, 0.15) is 0 Å². The van der Waals surface area contributed by atoms with Crippen LogP contribution in [-0.2, 0) is 5.33 Å². The molecule has 0 aromatic heterocycles. The predicted molar refractivity (Wildman–Crippen MR) is 85.9 cm³/mol. The minimum absolute atomic E-state index is 0.852. The zero-order valence-corrected chi connectivity index (χ0v) is 13.4. The number of rotatable bonds is 4. The molecule has 0 aliphatic heterocycles. The van der Waals surface area contributed by atoms with Crippen molar-refractivity contribution >= 4 is 43.2 Å². The highest BCUT2D eigenvalue weighted by Gasteiger charge is 2.11. The van der Waals surface area contributed by atoms with E-state index in [0.717, 1.165) is 16.3 Å². The molecule has 1 nitrogen and oxygen atoms in total. The molecule has 0 unspecified atom stereocenters. The van der Waals surface area contributed by atoms with Crippen LogP contribution >= 0.6 is 31.9 Å². The summed E-state index contributed by atoms with van der Waals surface area (Å²) < 4.78 is 1.12. The summed E-state index contributed by atoms with van der Waals surface area (Å²) >= 11 is 7.09. The van der Waals surface area contributed by atoms with Crippen LogP contribution in [0, 0.1) is 0 Å². The molecule has 0 aliphatic rings. The molecule has 0 atom stereocenters. The third-order valence-corrected chi connectivity index (χ3v) is 3.96. The standard InChI is InChI=1S/C15H15Br2N/c1-2-18(14-6-4-3-5-7-14)15-9-8-13(17)10-12(15)11-16/h3-10H,2,11H2,1H3. The van der Waals surface area contributed by atoms with Crippen molar-refractivity contribution < 1.29 is 0 Å². The number of anilines is 2. The van der Waals surface area contributed by atoms with Gasteiger partial charge in [-0.05, 0) is 42.8 Å². The maximum Gasteiger partial charge on any atom is 0.0452 e. The summed E-state index contributed by atoms with van der Waals surface area (Å²) in [5.74, 6) is 0. The topological polar surface area (TPSA) is 3.24 Å². The predicted octanol–water partition coefficient (Wildman–Crippen LogP) is 5.50. The van der Waals surface area contributed by atoms with Crippen molar-refractivity contribution in [2.24, 2.45) is 0 Å². The first-order valence-corrected chi connectivity index (χ1v) is 7.84. The highest BCUT2D eigenvalue weighted by atomic mass is 79.9. The van der Waals surface area contributed by atoms with Crippen molar-refractivity contribution in [1.29, 1.82) is 0 Å². The Morgan fingerprint density at radius 3 is 2.39 bits per heavy atom. The lowest BCUT2D eigenvalue weighted by Crippen LogP contribution is -2.17. The second-order valence-electron chi connectivity index (χ2n) is 3.99. The van der Waals surface area contributed by atoms with Crippen LogP contribution in [0.4, 0.5) is 11.4 Å². The Kier molecular flexibility index (Phi) is 4.84. The zero-order chi connectivity index (χ0) is 13.0. The molecule has 0 saturated carbocycles. The normalized spacial score (nSPS) is 10.4. The van der Waals surface area contributed by atoms with Crippen molar-refractivity contribution in [3.8, 4) is 0 Å². The van der Waals surface area contributed by atoms with Gasteiger partial charge in [0.15, 0.2) is 0 Å². The van der Waals surface area contributed by atoms with Gasteiger partial charge in [-0.15, -0.1) is 0 Å². The Balaban J connectivity index is 2.45. The van der Waals surface area contributed by atoms with Gasteiger partial charge in [-0.2, -0.15) is 0 Å². The van der Waals surface area contributed by atoms with Crippen LogP contribution < -0.4 is 4.90 Å². The number of alkyl halides is 1. The number of nitrogens with zero attached hydrogens (tertiary/aromatic N) is 1. The molecule has 0 bridgehead atoms. The summed E-state index contributed by atoms with van der Waals surface area (Å²) in [4.78, 5) is 2.32. The maximum absolute atomic E-state index is 3.57. The molecule has 0 aliphatic carbocycles. The van der Waals surface area contributed by atoms with Gasteiger partial charge in [0.05, 0.1) is 0 Å². The van der Waals surface area contributed by atoms with Crippen molar-refractivity contribution in [2.45, 2.75) is 12.3 Å². The minimum atomic E-state index is 0.852. The van der Waals surface area contributed by atoms with Gasteiger partial charge in [-0.25, -0.2) is 0 Å². The fourth-order valence-electron chi connectivity index (χ4n) is 2.02. The quantitative estimate of drug-likeness (QED) is 0.644. The van der Waals surface area contributed by atoms with Crippen molar-refractivity contribution in [3.05, 3.63) is 58.6 Å². The number of hydrogen-bond acceptors (Lipinski definition) is 1. The summed E-state index contributed by atoms with van der Waals surface area (Å²) in [6, 6.07) is 16.9. The van der Waals surface area contributed by atoms with Crippen LogP contribution in [-0.4, -0.2) is 6.54 Å². The Bertz CT molecular complexity index is 511. The van der Waals surface area contributed by atoms with Crippen LogP contribution in [0.1, 0.15) is 12.5 Å². The monoisotopic (exact) mass is 367 g/mol. The summed E-state index contributed by atoms with van der Waals surface area (Å²) in [6.45, 7) is 3.12. The molecule has 2 aromatic rings. The third-order valence-electron chi connectivity index (χ3n) is 2.86. The summed E-state index contributed by atoms with van der Waals surface area (Å²) in [7, 11) is 0. The molecule has 0 saturated heterocycles. The average molecular weight is 369 g/mol. The van der Waals surface area contributed by atoms with Crippen molar-refractivity contribution in [3.63, 3.8) is 0 Å². The molecule has 2 rings (SSSR count). The van der Waals surface area contributed by atoms with E-state index < -0.39 is 0 Å². The van der Waals surface area contributed by atoms with Gasteiger partial charge in [-0.1, -0.05) is 50.1 Å². The van der Waals surface area contributed by atoms with Crippen molar-refractivity contribution in [1.82, 2.24) is 0 Å². The molecule has 0 heterocycles. The molecule has 94 valence electrons. The molecule has 18 heavy (non-hydrogen) atoms. The first kappa shape index (κ1) is 13.6. The molecule has 0 radical (unpaired) electrons. The van der Waals surface area contributed by atoms with E-state index in [9.17, 15) is 0 Å². The smallest absolute Gasteiger partial charge is 0.0452 e. The van der Waals surface area contributed by atoms with Gasteiger partial charge in [0.25, 0.3) is 0 Å². The summed E-state index contributed by atoms with van der Waals surface area (Å²) in [5.41, 5.74) is 3.77. The molecule has 0 fully saturated rings. The number of para-hydroxylation sites is 1. The van der Waals surface area contributed by atoms with Gasteiger partial charge >= 0.3 is 0 Å². The van der Waals surface area contributed by atoms with E-state index in [2.05, 4.69) is 86.1 Å². The van der Waals surface area contributed by atoms with Crippen LogP contribution in [0.2, 0.25) is 0 Å². The van der Waals surface area contributed by atoms with Crippen LogP contribution in [0.25, 0.3) is 0 Å². The SMILES string of the molecule is CCN(c1ccccc1)c1ccc(Br)cc1CBr. The Morgan fingerprint density at radius 2 is 1.78 bits per heavy atom. The fourth-order valence-corrected chi connectivity index (χ4v) is 2.88. The lowest BCUT2D eigenvalue weighted by atomic mass is 10.1. The van der Waals surface area contributed by atoms with E-state index in [-0.39, 0.29) is 0 Å². The van der Waals surface area contributed by atoms with E-state index in [1.807, 2.05) is 6.07 Å². The number of halogens is 2. The first-order valence-electron chi connectivity index (χ1n) is 5.93. The van der Waals surface area contributed by atoms with E-state index in [4.69, 9.17) is 0 Å². The van der Waals surface area contributed by atoms with E-state index in [0.29, 0.717) is 0 Å². The fraction of sp³-hybridized carbons (Fsp3) is 0.200. The minimum Gasteiger partial charge on any atom is -0.342 e. The van der Waals surface area contributed by atoms with Crippen LogP contribution in [0.15, 0.2) is 53.0 Å². The third kappa shape index (κ3) is 2.96. The molecule has 2 aromatic carbocycles. The van der Waals surface area contributed by atoms with Gasteiger partial charge in [0, 0.05) is 27.7 Å². The molecular formula is C15H15Br2N. The van der Waals surface area contributed by atoms with E-state index in [1.54, 1.807) is 0 Å². The molecule has 0 spiro atoms. The molecule has 0 N–H and O–H groups in total. The highest BCUT2D eigenvalue weighted by molar-refractivity contribution is 9.10. The largest absolute Gasteiger partial charge is 0.342 e. The van der Waals surface area contributed by atoms with Crippen molar-refractivity contribution in [2.75, 3.05) is 11.4 Å². The first-order chi connectivity index (χ1) is 8.76. The number of benzene rings is 2. The van der Waals surface area contributed by atoms with Crippen LogP contribution in [0.5, 0.6) is 0 Å². The van der Waals surface area contributed by atoms with E-state index in [1.165, 1.54) is 16.9 Å². The highest BCUT2D eigenvalue weighted by Crippen LogP contribution is 2.31. The maximum atomic E-state index is 3.57. The zero-order valence-electron chi connectivity index (χ0n) is 10.2.